The van der Waals surface area contributed by atoms with Crippen molar-refractivity contribution in [3.63, 3.8) is 0 Å². The molecule has 1 fully saturated rings. The van der Waals surface area contributed by atoms with E-state index in [9.17, 15) is 5.11 Å². The van der Waals surface area contributed by atoms with Gasteiger partial charge in [-0.15, -0.1) is 12.4 Å². The van der Waals surface area contributed by atoms with Gasteiger partial charge in [-0.3, -0.25) is 0 Å². The van der Waals surface area contributed by atoms with Gasteiger partial charge in [0.15, 0.2) is 0 Å². The van der Waals surface area contributed by atoms with Gasteiger partial charge in [-0.2, -0.15) is 0 Å². The van der Waals surface area contributed by atoms with Crippen LogP contribution < -0.4 is 5.73 Å². The van der Waals surface area contributed by atoms with Crippen LogP contribution in [0.5, 0.6) is 5.75 Å². The second kappa shape index (κ2) is 6.24. The molecule has 0 heterocycles. The zero-order valence-electron chi connectivity index (χ0n) is 8.92. The number of phenols is 1. The highest BCUT2D eigenvalue weighted by molar-refractivity contribution is 9.11. The van der Waals surface area contributed by atoms with Crippen LogP contribution in [0.4, 0.5) is 0 Å². The molecule has 1 saturated carbocycles. The van der Waals surface area contributed by atoms with Crippen molar-refractivity contribution in [2.75, 3.05) is 0 Å². The molecule has 0 saturated heterocycles. The first-order valence-electron chi connectivity index (χ1n) is 5.14. The van der Waals surface area contributed by atoms with Gasteiger partial charge in [0.05, 0.1) is 8.95 Å². The predicted molar refractivity (Wildman–Crippen MR) is 82.7 cm³/mol. The van der Waals surface area contributed by atoms with E-state index in [2.05, 4.69) is 47.8 Å². The van der Waals surface area contributed by atoms with Crippen LogP contribution in [-0.4, -0.2) is 5.11 Å². The normalized spacial score (nSPS) is 17.2. The Morgan fingerprint density at radius 2 is 1.82 bits per heavy atom. The van der Waals surface area contributed by atoms with Gasteiger partial charge in [-0.05, 0) is 56.7 Å². The Morgan fingerprint density at radius 1 is 1.24 bits per heavy atom. The Labute approximate surface area is 132 Å². The maximum absolute atomic E-state index is 9.86. The van der Waals surface area contributed by atoms with Crippen LogP contribution in [0.15, 0.2) is 19.5 Å². The van der Waals surface area contributed by atoms with Crippen LogP contribution in [0.2, 0.25) is 0 Å². The summed E-state index contributed by atoms with van der Waals surface area (Å²) in [6.07, 6.45) is 3.61. The molecule has 1 aromatic carbocycles. The van der Waals surface area contributed by atoms with Gasteiger partial charge in [-0.1, -0.05) is 22.4 Å². The number of hydrogen-bond donors (Lipinski definition) is 2. The third-order valence-electron chi connectivity index (χ3n) is 3.17. The number of aromatic hydroxyl groups is 1. The average Bonchev–Trinajstić information content (AvgIpc) is 2.11. The summed E-state index contributed by atoms with van der Waals surface area (Å²) in [7, 11) is 0. The van der Waals surface area contributed by atoms with Gasteiger partial charge in [0.1, 0.15) is 5.75 Å². The molecule has 0 aliphatic heterocycles. The zero-order chi connectivity index (χ0) is 11.9. The van der Waals surface area contributed by atoms with Crippen molar-refractivity contribution in [1.29, 1.82) is 0 Å². The first-order valence-corrected chi connectivity index (χ1v) is 7.52. The van der Waals surface area contributed by atoms with Crippen LogP contribution in [0, 0.1) is 5.92 Å². The topological polar surface area (TPSA) is 46.2 Å². The molecule has 96 valence electrons. The highest BCUT2D eigenvalue weighted by Crippen LogP contribution is 2.46. The number of phenolic OH excluding ortho intramolecular Hbond substituents is 1. The van der Waals surface area contributed by atoms with Gasteiger partial charge in [0.25, 0.3) is 0 Å². The summed E-state index contributed by atoms with van der Waals surface area (Å²) >= 11 is 10.2. The standard InChI is InChI=1S/C11H12Br3NO.ClH/c12-6-4-7(13)11(16)9(14)8(6)10(15)5-2-1-3-5;/h4-5,10,16H,1-3,15H2;1H/t10-;/m1./s1. The van der Waals surface area contributed by atoms with Crippen LogP contribution in [0.25, 0.3) is 0 Å². The third kappa shape index (κ3) is 3.00. The molecular weight excluding hydrogens is 437 g/mol. The lowest BCUT2D eigenvalue weighted by molar-refractivity contribution is 0.263. The molecule has 1 atom stereocenters. The Kier molecular flexibility index (Phi) is 5.79. The number of hydrogen-bond acceptors (Lipinski definition) is 2. The molecule has 2 nitrogen and oxygen atoms in total. The summed E-state index contributed by atoms with van der Waals surface area (Å²) in [5.41, 5.74) is 7.20. The Morgan fingerprint density at radius 3 is 2.29 bits per heavy atom. The van der Waals surface area contributed by atoms with Crippen LogP contribution >= 0.6 is 60.2 Å². The lowest BCUT2D eigenvalue weighted by atomic mass is 9.77. The number of rotatable bonds is 2. The Balaban J connectivity index is 0.00000144. The lowest BCUT2D eigenvalue weighted by Crippen LogP contribution is -2.27. The number of benzene rings is 1. The molecule has 2 rings (SSSR count). The van der Waals surface area contributed by atoms with Crippen molar-refractivity contribution in [3.8, 4) is 5.75 Å². The summed E-state index contributed by atoms with van der Waals surface area (Å²) in [6.45, 7) is 0. The summed E-state index contributed by atoms with van der Waals surface area (Å²) in [4.78, 5) is 0. The van der Waals surface area contributed by atoms with Crippen molar-refractivity contribution >= 4 is 60.2 Å². The lowest BCUT2D eigenvalue weighted by Gasteiger charge is -2.32. The van der Waals surface area contributed by atoms with E-state index < -0.39 is 0 Å². The summed E-state index contributed by atoms with van der Waals surface area (Å²) < 4.78 is 2.28. The van der Waals surface area contributed by atoms with Gasteiger partial charge >= 0.3 is 0 Å². The van der Waals surface area contributed by atoms with E-state index in [-0.39, 0.29) is 24.2 Å². The van der Waals surface area contributed by atoms with E-state index in [1.165, 1.54) is 19.3 Å². The molecule has 0 radical (unpaired) electrons. The van der Waals surface area contributed by atoms with Gasteiger partial charge in [0.2, 0.25) is 0 Å². The first kappa shape index (κ1) is 15.8. The van der Waals surface area contributed by atoms with E-state index in [1.54, 1.807) is 0 Å². The first-order chi connectivity index (χ1) is 7.52. The second-order valence-electron chi connectivity index (χ2n) is 4.13. The Bertz CT molecular complexity index is 424. The molecule has 1 aliphatic carbocycles. The molecule has 1 aliphatic rings. The van der Waals surface area contributed by atoms with Crippen LogP contribution in [0.3, 0.4) is 0 Å². The molecule has 1 aromatic rings. The fourth-order valence-corrected chi connectivity index (χ4v) is 4.58. The second-order valence-corrected chi connectivity index (χ2v) is 6.63. The van der Waals surface area contributed by atoms with Crippen LogP contribution in [-0.2, 0) is 0 Å². The van der Waals surface area contributed by atoms with Crippen molar-refractivity contribution in [2.24, 2.45) is 11.7 Å². The summed E-state index contributed by atoms with van der Waals surface area (Å²) in [6, 6.07) is 1.82. The van der Waals surface area contributed by atoms with Gasteiger partial charge < -0.3 is 10.8 Å². The van der Waals surface area contributed by atoms with Gasteiger partial charge in [-0.25, -0.2) is 0 Å². The minimum atomic E-state index is -0.0171. The molecule has 17 heavy (non-hydrogen) atoms. The third-order valence-corrected chi connectivity index (χ3v) is 5.24. The van der Waals surface area contributed by atoms with E-state index in [4.69, 9.17) is 5.73 Å². The maximum Gasteiger partial charge on any atom is 0.144 e. The summed E-state index contributed by atoms with van der Waals surface area (Å²) in [5.74, 6) is 0.751. The highest BCUT2D eigenvalue weighted by atomic mass is 79.9. The molecule has 0 unspecified atom stereocenters. The fraction of sp³-hybridized carbons (Fsp3) is 0.455. The predicted octanol–water partition coefficient (Wildman–Crippen LogP) is 4.90. The van der Waals surface area contributed by atoms with E-state index in [1.807, 2.05) is 6.07 Å². The molecule has 6 heteroatoms. The maximum atomic E-state index is 9.86. The van der Waals surface area contributed by atoms with Gasteiger partial charge in [0, 0.05) is 16.1 Å². The quantitative estimate of drug-likeness (QED) is 0.673. The minimum absolute atomic E-state index is 0. The average molecular weight is 450 g/mol. The summed E-state index contributed by atoms with van der Waals surface area (Å²) in [5, 5.41) is 9.86. The zero-order valence-corrected chi connectivity index (χ0v) is 14.5. The fourth-order valence-electron chi connectivity index (χ4n) is 1.93. The largest absolute Gasteiger partial charge is 0.506 e. The van der Waals surface area contributed by atoms with Crippen molar-refractivity contribution < 1.29 is 5.11 Å². The molecule has 0 bridgehead atoms. The molecule has 0 aromatic heterocycles. The smallest absolute Gasteiger partial charge is 0.144 e. The molecular formula is C11H13Br3ClNO. The highest BCUT2D eigenvalue weighted by Gasteiger charge is 2.29. The van der Waals surface area contributed by atoms with E-state index >= 15 is 0 Å². The SMILES string of the molecule is Cl.N[C@@H](c1c(Br)cc(Br)c(O)c1Br)C1CCC1. The number of nitrogens with two attached hydrogens (primary N) is 1. The van der Waals surface area contributed by atoms with Crippen molar-refractivity contribution in [1.82, 2.24) is 0 Å². The van der Waals surface area contributed by atoms with Crippen LogP contribution in [0.1, 0.15) is 30.9 Å². The minimum Gasteiger partial charge on any atom is -0.506 e. The Hall–Kier alpha value is 0.710. The van der Waals surface area contributed by atoms with E-state index in [0.717, 1.165) is 10.0 Å². The molecule has 0 spiro atoms. The number of halogens is 4. The van der Waals surface area contributed by atoms with E-state index in [0.29, 0.717) is 14.9 Å². The van der Waals surface area contributed by atoms with Crippen molar-refractivity contribution in [3.05, 3.63) is 25.0 Å². The van der Waals surface area contributed by atoms with Crippen molar-refractivity contribution in [2.45, 2.75) is 25.3 Å². The molecule has 3 N–H and O–H groups in total. The monoisotopic (exact) mass is 447 g/mol. The molecule has 0 amide bonds.